The molecule has 2 rings (SSSR count). The van der Waals surface area contributed by atoms with Gasteiger partial charge in [-0.15, -0.1) is 0 Å². The first-order chi connectivity index (χ1) is 6.84. The Kier molecular flexibility index (Phi) is 3.11. The molecule has 1 aromatic rings. The fourth-order valence-electron chi connectivity index (χ4n) is 1.69. The zero-order valence-electron chi connectivity index (χ0n) is 8.09. The van der Waals surface area contributed by atoms with E-state index in [1.54, 1.807) is 0 Å². The molecule has 1 fully saturated rings. The predicted octanol–water partition coefficient (Wildman–Crippen LogP) is 1.28. The van der Waals surface area contributed by atoms with Gasteiger partial charge in [-0.1, -0.05) is 12.1 Å². The van der Waals surface area contributed by atoms with Gasteiger partial charge in [-0.2, -0.15) is 0 Å². The van der Waals surface area contributed by atoms with E-state index in [0.29, 0.717) is 6.04 Å². The molecule has 1 atom stereocenters. The fraction of sp³-hybridized carbons (Fsp3) is 0.455. The zero-order chi connectivity index (χ0) is 9.80. The number of hydrogen-bond donors (Lipinski definition) is 2. The normalized spacial score (nSPS) is 21.4. The van der Waals surface area contributed by atoms with Crippen LogP contribution in [-0.4, -0.2) is 19.1 Å². The number of benzene rings is 1. The van der Waals surface area contributed by atoms with Crippen LogP contribution in [-0.2, 0) is 6.54 Å². The summed E-state index contributed by atoms with van der Waals surface area (Å²) in [7, 11) is 0. The molecule has 0 radical (unpaired) electrons. The average Bonchev–Trinajstić information content (AvgIpc) is 2.70. The number of hydrogen-bond acceptors (Lipinski definition) is 2. The van der Waals surface area contributed by atoms with Gasteiger partial charge < -0.3 is 10.6 Å². The quantitative estimate of drug-likeness (QED) is 0.757. The van der Waals surface area contributed by atoms with E-state index >= 15 is 0 Å². The van der Waals surface area contributed by atoms with Crippen LogP contribution < -0.4 is 10.6 Å². The molecule has 1 saturated heterocycles. The molecular formula is C11H15FN2. The Morgan fingerprint density at radius 3 is 2.79 bits per heavy atom. The largest absolute Gasteiger partial charge is 0.315 e. The minimum Gasteiger partial charge on any atom is -0.315 e. The molecule has 0 aliphatic carbocycles. The minimum atomic E-state index is -0.170. The predicted molar refractivity (Wildman–Crippen MR) is 54.5 cm³/mol. The van der Waals surface area contributed by atoms with Gasteiger partial charge >= 0.3 is 0 Å². The first-order valence-corrected chi connectivity index (χ1v) is 5.03. The molecule has 0 bridgehead atoms. The highest BCUT2D eigenvalue weighted by Gasteiger charge is 2.12. The van der Waals surface area contributed by atoms with Crippen LogP contribution in [0.25, 0.3) is 0 Å². The third-order valence-electron chi connectivity index (χ3n) is 2.57. The molecule has 0 saturated carbocycles. The topological polar surface area (TPSA) is 24.1 Å². The van der Waals surface area contributed by atoms with E-state index in [1.807, 2.05) is 12.1 Å². The summed E-state index contributed by atoms with van der Waals surface area (Å²) < 4.78 is 12.6. The first kappa shape index (κ1) is 9.62. The maximum absolute atomic E-state index is 12.6. The highest BCUT2D eigenvalue weighted by molar-refractivity contribution is 5.15. The standard InChI is InChI=1S/C11H15FN2/c12-10-3-1-9(2-4-10)7-14-11-5-6-13-8-11/h1-4,11,13-14H,5-8H2/t11-/m0/s1. The Morgan fingerprint density at radius 2 is 2.14 bits per heavy atom. The van der Waals surface area contributed by atoms with Crippen molar-refractivity contribution in [2.45, 2.75) is 19.0 Å². The van der Waals surface area contributed by atoms with E-state index in [4.69, 9.17) is 0 Å². The molecule has 0 aromatic heterocycles. The lowest BCUT2D eigenvalue weighted by atomic mass is 10.2. The van der Waals surface area contributed by atoms with Crippen molar-refractivity contribution in [2.75, 3.05) is 13.1 Å². The molecule has 2 N–H and O–H groups in total. The van der Waals surface area contributed by atoms with E-state index in [2.05, 4.69) is 10.6 Å². The van der Waals surface area contributed by atoms with Crippen LogP contribution in [0.1, 0.15) is 12.0 Å². The van der Waals surface area contributed by atoms with Crippen LogP contribution >= 0.6 is 0 Å². The Morgan fingerprint density at radius 1 is 1.36 bits per heavy atom. The van der Waals surface area contributed by atoms with Crippen LogP contribution in [0, 0.1) is 5.82 Å². The van der Waals surface area contributed by atoms with Gasteiger partial charge in [0.25, 0.3) is 0 Å². The molecule has 0 amide bonds. The van der Waals surface area contributed by atoms with Gasteiger partial charge in [-0.3, -0.25) is 0 Å². The molecule has 1 aliphatic heterocycles. The summed E-state index contributed by atoms with van der Waals surface area (Å²) in [6.07, 6.45) is 1.18. The molecule has 76 valence electrons. The third-order valence-corrected chi connectivity index (χ3v) is 2.57. The summed E-state index contributed by atoms with van der Waals surface area (Å²) >= 11 is 0. The lowest BCUT2D eigenvalue weighted by Crippen LogP contribution is -2.30. The van der Waals surface area contributed by atoms with Crippen molar-refractivity contribution < 1.29 is 4.39 Å². The summed E-state index contributed by atoms with van der Waals surface area (Å²) in [4.78, 5) is 0. The lowest BCUT2D eigenvalue weighted by Gasteiger charge is -2.10. The minimum absolute atomic E-state index is 0.170. The highest BCUT2D eigenvalue weighted by Crippen LogP contribution is 2.04. The van der Waals surface area contributed by atoms with E-state index in [-0.39, 0.29) is 5.82 Å². The SMILES string of the molecule is Fc1ccc(CN[C@H]2CCNC2)cc1. The summed E-state index contributed by atoms with van der Waals surface area (Å²) in [5.74, 6) is -0.170. The average molecular weight is 194 g/mol. The molecule has 1 aromatic carbocycles. The highest BCUT2D eigenvalue weighted by atomic mass is 19.1. The molecular weight excluding hydrogens is 179 g/mol. The lowest BCUT2D eigenvalue weighted by molar-refractivity contribution is 0.546. The second-order valence-electron chi connectivity index (χ2n) is 3.70. The Bertz CT molecular complexity index is 278. The van der Waals surface area contributed by atoms with Crippen LogP contribution in [0.3, 0.4) is 0 Å². The monoisotopic (exact) mass is 194 g/mol. The van der Waals surface area contributed by atoms with E-state index < -0.39 is 0 Å². The van der Waals surface area contributed by atoms with Gasteiger partial charge in [0.2, 0.25) is 0 Å². The number of rotatable bonds is 3. The van der Waals surface area contributed by atoms with Gasteiger partial charge in [0, 0.05) is 19.1 Å². The Balaban J connectivity index is 1.82. The maximum Gasteiger partial charge on any atom is 0.123 e. The van der Waals surface area contributed by atoms with Crippen molar-refractivity contribution in [2.24, 2.45) is 0 Å². The number of nitrogens with one attached hydrogen (secondary N) is 2. The van der Waals surface area contributed by atoms with Crippen LogP contribution in [0.2, 0.25) is 0 Å². The summed E-state index contributed by atoms with van der Waals surface area (Å²) in [6, 6.07) is 7.23. The van der Waals surface area contributed by atoms with Crippen molar-refractivity contribution >= 4 is 0 Å². The molecule has 1 aliphatic rings. The second kappa shape index (κ2) is 4.53. The second-order valence-corrected chi connectivity index (χ2v) is 3.70. The summed E-state index contributed by atoms with van der Waals surface area (Å²) in [5.41, 5.74) is 1.14. The molecule has 3 heteroatoms. The van der Waals surface area contributed by atoms with Gasteiger partial charge in [0.05, 0.1) is 0 Å². The van der Waals surface area contributed by atoms with E-state index in [1.165, 1.54) is 18.6 Å². The first-order valence-electron chi connectivity index (χ1n) is 5.03. The molecule has 2 nitrogen and oxygen atoms in total. The Labute approximate surface area is 83.5 Å². The summed E-state index contributed by atoms with van der Waals surface area (Å²) in [6.45, 7) is 2.97. The van der Waals surface area contributed by atoms with Crippen LogP contribution in [0.5, 0.6) is 0 Å². The van der Waals surface area contributed by atoms with Crippen LogP contribution in [0.15, 0.2) is 24.3 Å². The van der Waals surface area contributed by atoms with Gasteiger partial charge in [-0.05, 0) is 30.7 Å². The van der Waals surface area contributed by atoms with Crippen molar-refractivity contribution in [3.05, 3.63) is 35.6 Å². The van der Waals surface area contributed by atoms with Crippen molar-refractivity contribution in [3.8, 4) is 0 Å². The Hall–Kier alpha value is -0.930. The molecule has 14 heavy (non-hydrogen) atoms. The van der Waals surface area contributed by atoms with Crippen molar-refractivity contribution in [3.63, 3.8) is 0 Å². The van der Waals surface area contributed by atoms with Gasteiger partial charge in [0.15, 0.2) is 0 Å². The molecule has 1 heterocycles. The van der Waals surface area contributed by atoms with Gasteiger partial charge in [-0.25, -0.2) is 4.39 Å². The van der Waals surface area contributed by atoms with Gasteiger partial charge in [0.1, 0.15) is 5.82 Å². The molecule has 0 spiro atoms. The zero-order valence-corrected chi connectivity index (χ0v) is 8.09. The van der Waals surface area contributed by atoms with Crippen LogP contribution in [0.4, 0.5) is 4.39 Å². The maximum atomic E-state index is 12.6. The van der Waals surface area contributed by atoms with E-state index in [9.17, 15) is 4.39 Å². The summed E-state index contributed by atoms with van der Waals surface area (Å²) in [5, 5.41) is 6.73. The van der Waals surface area contributed by atoms with Crippen molar-refractivity contribution in [1.82, 2.24) is 10.6 Å². The fourth-order valence-corrected chi connectivity index (χ4v) is 1.69. The third kappa shape index (κ3) is 2.53. The van der Waals surface area contributed by atoms with Crippen molar-refractivity contribution in [1.29, 1.82) is 0 Å². The number of halogens is 1. The smallest absolute Gasteiger partial charge is 0.123 e. The van der Waals surface area contributed by atoms with E-state index in [0.717, 1.165) is 25.2 Å². The molecule has 0 unspecified atom stereocenters.